The number of anilines is 2. The smallest absolute Gasteiger partial charge is 0.238 e. The van der Waals surface area contributed by atoms with Gasteiger partial charge in [-0.15, -0.1) is 0 Å². The zero-order valence-corrected chi connectivity index (χ0v) is 13.2. The van der Waals surface area contributed by atoms with Crippen molar-refractivity contribution in [3.05, 3.63) is 23.8 Å². The molecule has 0 spiro atoms. The predicted octanol–water partition coefficient (Wildman–Crippen LogP) is 1.54. The van der Waals surface area contributed by atoms with Crippen molar-refractivity contribution in [1.82, 2.24) is 9.80 Å². The van der Waals surface area contributed by atoms with Crippen LogP contribution in [0.15, 0.2) is 18.2 Å². The summed E-state index contributed by atoms with van der Waals surface area (Å²) in [6.45, 7) is 4.42. The molecule has 1 aliphatic rings. The molecule has 1 aromatic rings. The van der Waals surface area contributed by atoms with E-state index in [0.29, 0.717) is 18.3 Å². The van der Waals surface area contributed by atoms with Crippen LogP contribution in [-0.4, -0.2) is 55.5 Å². The molecule has 0 bridgehead atoms. The number of nitrogens with two attached hydrogens (primary N) is 1. The lowest BCUT2D eigenvalue weighted by molar-refractivity contribution is -0.117. The predicted molar refractivity (Wildman–Crippen MR) is 87.4 cm³/mol. The molecule has 1 unspecified atom stereocenters. The topological polar surface area (TPSA) is 61.6 Å². The first kappa shape index (κ1) is 15.8. The number of hydrogen-bond acceptors (Lipinski definition) is 4. The molecule has 0 aromatic heterocycles. The first-order valence-electron chi connectivity index (χ1n) is 7.51. The van der Waals surface area contributed by atoms with E-state index in [9.17, 15) is 4.79 Å². The fourth-order valence-corrected chi connectivity index (χ4v) is 2.92. The molecule has 0 saturated carbocycles. The monoisotopic (exact) mass is 290 g/mol. The molecule has 0 radical (unpaired) electrons. The van der Waals surface area contributed by atoms with Gasteiger partial charge in [0.25, 0.3) is 0 Å². The normalized spacial score (nSPS) is 19.1. The standard InChI is InChI=1S/C16H26N4O/c1-12-6-4-8-14(17)16(12)18-15(21)11-19(2)10-13-7-5-9-20(13)3/h4,6,8,13H,5,7,9-11,17H2,1-3H3,(H,18,21). The van der Waals surface area contributed by atoms with E-state index in [1.807, 2.05) is 26.1 Å². The van der Waals surface area contributed by atoms with E-state index in [1.165, 1.54) is 12.8 Å². The Morgan fingerprint density at radius 1 is 1.52 bits per heavy atom. The number of rotatable bonds is 5. The zero-order valence-electron chi connectivity index (χ0n) is 13.2. The molecule has 1 amide bonds. The lowest BCUT2D eigenvalue weighted by Gasteiger charge is -2.25. The molecule has 1 atom stereocenters. The number of likely N-dealkylation sites (tertiary alicyclic amines) is 1. The van der Waals surface area contributed by atoms with Crippen LogP contribution in [0.4, 0.5) is 11.4 Å². The molecule has 116 valence electrons. The maximum absolute atomic E-state index is 12.2. The summed E-state index contributed by atoms with van der Waals surface area (Å²) in [5.74, 6) is -0.0147. The van der Waals surface area contributed by atoms with Gasteiger partial charge in [0, 0.05) is 12.6 Å². The summed E-state index contributed by atoms with van der Waals surface area (Å²) in [4.78, 5) is 16.6. The van der Waals surface area contributed by atoms with Crippen molar-refractivity contribution in [3.63, 3.8) is 0 Å². The fourth-order valence-electron chi connectivity index (χ4n) is 2.92. The Kier molecular flexibility index (Phi) is 5.20. The van der Waals surface area contributed by atoms with Crippen LogP contribution in [-0.2, 0) is 4.79 Å². The average molecular weight is 290 g/mol. The van der Waals surface area contributed by atoms with Crippen LogP contribution in [0.2, 0.25) is 0 Å². The summed E-state index contributed by atoms with van der Waals surface area (Å²) in [6.07, 6.45) is 2.47. The van der Waals surface area contributed by atoms with Gasteiger partial charge in [0.1, 0.15) is 0 Å². The zero-order chi connectivity index (χ0) is 15.4. The fraction of sp³-hybridized carbons (Fsp3) is 0.562. The van der Waals surface area contributed by atoms with Crippen molar-refractivity contribution in [1.29, 1.82) is 0 Å². The molecule has 1 fully saturated rings. The van der Waals surface area contributed by atoms with E-state index in [-0.39, 0.29) is 5.91 Å². The minimum absolute atomic E-state index is 0.0147. The van der Waals surface area contributed by atoms with Crippen molar-refractivity contribution >= 4 is 17.3 Å². The van der Waals surface area contributed by atoms with Crippen LogP contribution >= 0.6 is 0 Å². The number of likely N-dealkylation sites (N-methyl/N-ethyl adjacent to an activating group) is 2. The Morgan fingerprint density at radius 2 is 2.29 bits per heavy atom. The molecule has 0 aliphatic carbocycles. The van der Waals surface area contributed by atoms with Gasteiger partial charge in [0.15, 0.2) is 0 Å². The number of hydrogen-bond donors (Lipinski definition) is 2. The van der Waals surface area contributed by atoms with Gasteiger partial charge in [0.05, 0.1) is 17.9 Å². The number of para-hydroxylation sites is 1. The van der Waals surface area contributed by atoms with Gasteiger partial charge < -0.3 is 16.0 Å². The number of carbonyl (C=O) groups excluding carboxylic acids is 1. The largest absolute Gasteiger partial charge is 0.397 e. The summed E-state index contributed by atoms with van der Waals surface area (Å²) in [5, 5.41) is 2.93. The second-order valence-corrected chi connectivity index (χ2v) is 6.06. The van der Waals surface area contributed by atoms with E-state index < -0.39 is 0 Å². The molecule has 1 aromatic carbocycles. The second kappa shape index (κ2) is 6.91. The van der Waals surface area contributed by atoms with Crippen LogP contribution in [0, 0.1) is 6.92 Å². The minimum atomic E-state index is -0.0147. The molecule has 21 heavy (non-hydrogen) atoms. The van der Waals surface area contributed by atoms with Gasteiger partial charge in [-0.1, -0.05) is 12.1 Å². The Balaban J connectivity index is 1.86. The van der Waals surface area contributed by atoms with E-state index in [4.69, 9.17) is 5.73 Å². The minimum Gasteiger partial charge on any atom is -0.397 e. The van der Waals surface area contributed by atoms with Crippen molar-refractivity contribution < 1.29 is 4.79 Å². The number of nitrogens with one attached hydrogen (secondary N) is 1. The third-order valence-corrected chi connectivity index (χ3v) is 4.18. The third-order valence-electron chi connectivity index (χ3n) is 4.18. The SMILES string of the molecule is Cc1cccc(N)c1NC(=O)CN(C)CC1CCCN1C. The van der Waals surface area contributed by atoms with E-state index in [2.05, 4.69) is 22.2 Å². The summed E-state index contributed by atoms with van der Waals surface area (Å²) in [6, 6.07) is 6.21. The second-order valence-electron chi connectivity index (χ2n) is 6.06. The van der Waals surface area contributed by atoms with Gasteiger partial charge in [-0.3, -0.25) is 9.69 Å². The average Bonchev–Trinajstić information content (AvgIpc) is 2.79. The van der Waals surface area contributed by atoms with Gasteiger partial charge in [0.2, 0.25) is 5.91 Å². The van der Waals surface area contributed by atoms with Crippen LogP contribution in [0.5, 0.6) is 0 Å². The molecule has 2 rings (SSSR count). The number of amides is 1. The molecular weight excluding hydrogens is 264 g/mol. The summed E-state index contributed by atoms with van der Waals surface area (Å²) < 4.78 is 0. The third kappa shape index (κ3) is 4.19. The number of nitrogen functional groups attached to an aromatic ring is 1. The summed E-state index contributed by atoms with van der Waals surface area (Å²) >= 11 is 0. The van der Waals surface area contributed by atoms with Crippen LogP contribution in [0.1, 0.15) is 18.4 Å². The summed E-state index contributed by atoms with van der Waals surface area (Å²) in [7, 11) is 4.15. The van der Waals surface area contributed by atoms with Crippen molar-refractivity contribution in [2.45, 2.75) is 25.8 Å². The van der Waals surface area contributed by atoms with Gasteiger partial charge in [-0.25, -0.2) is 0 Å². The molecule has 5 heteroatoms. The number of benzene rings is 1. The molecule has 1 heterocycles. The number of carbonyl (C=O) groups is 1. The highest BCUT2D eigenvalue weighted by Crippen LogP contribution is 2.22. The van der Waals surface area contributed by atoms with Gasteiger partial charge in [-0.05, 0) is 52.0 Å². The van der Waals surface area contributed by atoms with Crippen molar-refractivity contribution in [2.75, 3.05) is 44.8 Å². The molecule has 1 aliphatic heterocycles. The first-order valence-corrected chi connectivity index (χ1v) is 7.51. The van der Waals surface area contributed by atoms with Crippen LogP contribution < -0.4 is 11.1 Å². The Hall–Kier alpha value is -1.59. The maximum atomic E-state index is 12.2. The Morgan fingerprint density at radius 3 is 2.90 bits per heavy atom. The van der Waals surface area contributed by atoms with E-state index in [1.54, 1.807) is 6.07 Å². The molecular formula is C16H26N4O. The molecule has 1 saturated heterocycles. The highest BCUT2D eigenvalue weighted by atomic mass is 16.2. The maximum Gasteiger partial charge on any atom is 0.238 e. The van der Waals surface area contributed by atoms with Crippen LogP contribution in [0.25, 0.3) is 0 Å². The Bertz CT molecular complexity index is 483. The number of aryl methyl sites for hydroxylation is 1. The Labute approximate surface area is 127 Å². The quantitative estimate of drug-likeness (QED) is 0.808. The lowest BCUT2D eigenvalue weighted by Crippen LogP contribution is -2.40. The summed E-state index contributed by atoms with van der Waals surface area (Å²) in [5.41, 5.74) is 8.25. The molecule has 5 nitrogen and oxygen atoms in total. The van der Waals surface area contributed by atoms with Crippen LogP contribution in [0.3, 0.4) is 0 Å². The van der Waals surface area contributed by atoms with Crippen molar-refractivity contribution in [3.8, 4) is 0 Å². The van der Waals surface area contributed by atoms with Crippen molar-refractivity contribution in [2.24, 2.45) is 0 Å². The van der Waals surface area contributed by atoms with E-state index in [0.717, 1.165) is 24.3 Å². The number of nitrogens with zero attached hydrogens (tertiary/aromatic N) is 2. The van der Waals surface area contributed by atoms with Gasteiger partial charge in [-0.2, -0.15) is 0 Å². The lowest BCUT2D eigenvalue weighted by atomic mass is 10.1. The highest BCUT2D eigenvalue weighted by molar-refractivity contribution is 5.96. The van der Waals surface area contributed by atoms with Gasteiger partial charge >= 0.3 is 0 Å². The first-order chi connectivity index (χ1) is 9.97. The highest BCUT2D eigenvalue weighted by Gasteiger charge is 2.22. The molecule has 3 N–H and O–H groups in total. The van der Waals surface area contributed by atoms with E-state index >= 15 is 0 Å².